The number of pyridine rings is 1. The van der Waals surface area contributed by atoms with E-state index in [4.69, 9.17) is 11.6 Å². The van der Waals surface area contributed by atoms with Crippen molar-refractivity contribution >= 4 is 28.2 Å². The lowest BCUT2D eigenvalue weighted by Gasteiger charge is -2.27. The van der Waals surface area contributed by atoms with E-state index in [1.165, 1.54) is 11.0 Å². The number of aromatic nitrogens is 1. The van der Waals surface area contributed by atoms with E-state index in [0.29, 0.717) is 21.6 Å². The van der Waals surface area contributed by atoms with Gasteiger partial charge in [0.1, 0.15) is 6.54 Å². The number of nitrogens with zero attached hydrogens (tertiary/aromatic N) is 1. The van der Waals surface area contributed by atoms with Gasteiger partial charge in [-0.15, -0.1) is 0 Å². The first-order valence-electron chi connectivity index (χ1n) is 7.54. The minimum Gasteiger partial charge on any atom is -0.359 e. The van der Waals surface area contributed by atoms with Crippen molar-refractivity contribution in [2.45, 2.75) is 37.4 Å². The quantitative estimate of drug-likeness (QED) is 0.843. The van der Waals surface area contributed by atoms with E-state index >= 15 is 0 Å². The molecule has 2 heterocycles. The molecular weight excluding hydrogens is 329 g/mol. The number of fused-ring (bicyclic) bond motifs is 5. The summed E-state index contributed by atoms with van der Waals surface area (Å²) in [5.74, 6) is 0.0412. The lowest BCUT2D eigenvalue weighted by atomic mass is 9.94. The molecule has 23 heavy (non-hydrogen) atoms. The Kier molecular flexibility index (Phi) is 3.17. The van der Waals surface area contributed by atoms with Crippen molar-refractivity contribution in [3.05, 3.63) is 39.1 Å². The number of hydrogen-bond acceptors (Lipinski definition) is 2. The van der Waals surface area contributed by atoms with E-state index in [2.05, 4.69) is 4.98 Å². The molecule has 1 aromatic heterocycles. The van der Waals surface area contributed by atoms with Gasteiger partial charge < -0.3 is 9.88 Å². The standard InChI is InChI=1S/C16H14ClF3N2O/c17-9-6-13(23)21-10-4-5-12-14(15(9)10)8-2-1-3-11(8)22(12)7-16(18,19)20/h4-6,8,11H,1-3,7H2,(H,21,23)/t8-,11?/m1/s1. The highest BCUT2D eigenvalue weighted by Crippen LogP contribution is 2.52. The molecule has 3 nitrogen and oxygen atoms in total. The molecule has 2 aliphatic rings. The predicted molar refractivity (Wildman–Crippen MR) is 83.4 cm³/mol. The maximum atomic E-state index is 13.0. The Labute approximate surface area is 135 Å². The van der Waals surface area contributed by atoms with Crippen molar-refractivity contribution < 1.29 is 13.2 Å². The van der Waals surface area contributed by atoms with Crippen LogP contribution in [0.1, 0.15) is 30.7 Å². The van der Waals surface area contributed by atoms with Gasteiger partial charge in [-0.05, 0) is 30.5 Å². The lowest BCUT2D eigenvalue weighted by Crippen LogP contribution is -2.39. The highest BCUT2D eigenvalue weighted by atomic mass is 35.5. The molecule has 1 aromatic carbocycles. The second-order valence-corrected chi connectivity index (χ2v) is 6.66. The molecular formula is C16H14ClF3N2O. The summed E-state index contributed by atoms with van der Waals surface area (Å²) >= 11 is 6.26. The summed E-state index contributed by atoms with van der Waals surface area (Å²) in [6, 6.07) is 4.47. The molecule has 2 aromatic rings. The first kappa shape index (κ1) is 14.9. The fraction of sp³-hybridized carbons (Fsp3) is 0.438. The molecule has 0 spiro atoms. The fourth-order valence-electron chi connectivity index (χ4n) is 4.18. The molecule has 1 aliphatic heterocycles. The summed E-state index contributed by atoms with van der Waals surface area (Å²) in [7, 11) is 0. The Hall–Kier alpha value is -1.69. The zero-order valence-corrected chi connectivity index (χ0v) is 12.8. The fourth-order valence-corrected chi connectivity index (χ4v) is 4.48. The lowest BCUT2D eigenvalue weighted by molar-refractivity contribution is -0.120. The molecule has 1 fully saturated rings. The van der Waals surface area contributed by atoms with Gasteiger partial charge in [0.25, 0.3) is 0 Å². The molecule has 1 N–H and O–H groups in total. The Morgan fingerprint density at radius 2 is 2.09 bits per heavy atom. The first-order valence-corrected chi connectivity index (χ1v) is 7.92. The summed E-state index contributed by atoms with van der Waals surface area (Å²) in [6.07, 6.45) is -1.75. The topological polar surface area (TPSA) is 36.1 Å². The average Bonchev–Trinajstić information content (AvgIpc) is 3.00. The van der Waals surface area contributed by atoms with E-state index in [1.54, 1.807) is 12.1 Å². The van der Waals surface area contributed by atoms with Gasteiger partial charge in [0, 0.05) is 29.1 Å². The minimum absolute atomic E-state index is 0.0412. The van der Waals surface area contributed by atoms with Crippen molar-refractivity contribution in [3.63, 3.8) is 0 Å². The molecule has 1 aliphatic carbocycles. The van der Waals surface area contributed by atoms with Crippen LogP contribution in [-0.4, -0.2) is 23.7 Å². The molecule has 0 radical (unpaired) electrons. The van der Waals surface area contributed by atoms with Crippen LogP contribution in [0.4, 0.5) is 18.9 Å². The van der Waals surface area contributed by atoms with Crippen molar-refractivity contribution in [2.75, 3.05) is 11.4 Å². The first-order chi connectivity index (χ1) is 10.8. The number of anilines is 1. The van der Waals surface area contributed by atoms with E-state index in [9.17, 15) is 18.0 Å². The maximum Gasteiger partial charge on any atom is 0.405 e. The predicted octanol–water partition coefficient (Wildman–Crippen LogP) is 4.20. The molecule has 0 saturated heterocycles. The smallest absolute Gasteiger partial charge is 0.359 e. The van der Waals surface area contributed by atoms with Gasteiger partial charge in [0.15, 0.2) is 0 Å². The molecule has 0 amide bonds. The monoisotopic (exact) mass is 342 g/mol. The molecule has 0 bridgehead atoms. The summed E-state index contributed by atoms with van der Waals surface area (Å²) in [4.78, 5) is 15.8. The van der Waals surface area contributed by atoms with Crippen LogP contribution in [0.25, 0.3) is 10.9 Å². The molecule has 7 heteroatoms. The third kappa shape index (κ3) is 2.31. The SMILES string of the molecule is O=c1cc(Cl)c2c3c(ccc2[nH]1)N(CC(F)(F)F)C1CCC[C@@H]31. The number of H-pyrrole nitrogens is 1. The van der Waals surface area contributed by atoms with Gasteiger partial charge in [-0.1, -0.05) is 18.0 Å². The van der Waals surface area contributed by atoms with Gasteiger partial charge in [0.2, 0.25) is 5.56 Å². The second kappa shape index (κ2) is 4.90. The minimum atomic E-state index is -4.25. The maximum absolute atomic E-state index is 13.0. The van der Waals surface area contributed by atoms with Gasteiger partial charge in [0.05, 0.1) is 10.5 Å². The van der Waals surface area contributed by atoms with Crippen LogP contribution in [0.5, 0.6) is 0 Å². The molecule has 2 atom stereocenters. The number of alkyl halides is 3. The third-order valence-corrected chi connectivity index (χ3v) is 5.18. The number of hydrogen-bond donors (Lipinski definition) is 1. The Balaban J connectivity index is 1.96. The van der Waals surface area contributed by atoms with Crippen LogP contribution < -0.4 is 10.5 Å². The van der Waals surface area contributed by atoms with Crippen LogP contribution >= 0.6 is 11.6 Å². The van der Waals surface area contributed by atoms with E-state index in [-0.39, 0.29) is 17.5 Å². The summed E-state index contributed by atoms with van der Waals surface area (Å²) < 4.78 is 39.0. The zero-order chi connectivity index (χ0) is 16.4. The number of aromatic amines is 1. The van der Waals surface area contributed by atoms with Crippen LogP contribution in [0, 0.1) is 0 Å². The highest BCUT2D eigenvalue weighted by molar-refractivity contribution is 6.35. The highest BCUT2D eigenvalue weighted by Gasteiger charge is 2.46. The van der Waals surface area contributed by atoms with Crippen molar-refractivity contribution in [2.24, 2.45) is 0 Å². The average molecular weight is 343 g/mol. The number of rotatable bonds is 1. The van der Waals surface area contributed by atoms with E-state index in [0.717, 1.165) is 24.8 Å². The Morgan fingerprint density at radius 3 is 2.83 bits per heavy atom. The number of halogens is 4. The van der Waals surface area contributed by atoms with E-state index in [1.807, 2.05) is 0 Å². The summed E-state index contributed by atoms with van der Waals surface area (Å²) in [5.41, 5.74) is 1.73. The van der Waals surface area contributed by atoms with Crippen molar-refractivity contribution in [1.29, 1.82) is 0 Å². The summed E-state index contributed by atoms with van der Waals surface area (Å²) in [5, 5.41) is 0.991. The summed E-state index contributed by atoms with van der Waals surface area (Å²) in [6.45, 7) is -0.951. The van der Waals surface area contributed by atoms with Crippen molar-refractivity contribution in [1.82, 2.24) is 4.98 Å². The van der Waals surface area contributed by atoms with Gasteiger partial charge >= 0.3 is 6.18 Å². The number of nitrogens with one attached hydrogen (secondary N) is 1. The van der Waals surface area contributed by atoms with Gasteiger partial charge in [-0.2, -0.15) is 13.2 Å². The second-order valence-electron chi connectivity index (χ2n) is 6.25. The van der Waals surface area contributed by atoms with E-state index < -0.39 is 12.7 Å². The van der Waals surface area contributed by atoms with Gasteiger partial charge in [-0.25, -0.2) is 0 Å². The van der Waals surface area contributed by atoms with Crippen LogP contribution in [0.2, 0.25) is 5.02 Å². The van der Waals surface area contributed by atoms with Gasteiger partial charge in [-0.3, -0.25) is 4.79 Å². The zero-order valence-electron chi connectivity index (χ0n) is 12.1. The van der Waals surface area contributed by atoms with Crippen molar-refractivity contribution in [3.8, 4) is 0 Å². The molecule has 1 unspecified atom stereocenters. The van der Waals surface area contributed by atoms with Crippen LogP contribution in [-0.2, 0) is 0 Å². The largest absolute Gasteiger partial charge is 0.405 e. The Morgan fingerprint density at radius 1 is 1.30 bits per heavy atom. The molecule has 4 rings (SSSR count). The molecule has 1 saturated carbocycles. The van der Waals surface area contributed by atoms with Crippen LogP contribution in [0.3, 0.4) is 0 Å². The normalized spacial score (nSPS) is 23.4. The number of benzene rings is 1. The Bertz CT molecular complexity index is 846. The molecule has 122 valence electrons. The third-order valence-electron chi connectivity index (χ3n) is 4.89. The van der Waals surface area contributed by atoms with Crippen LogP contribution in [0.15, 0.2) is 23.0 Å².